The number of halogens is 4. The van der Waals surface area contributed by atoms with Gasteiger partial charge in [0.2, 0.25) is 0 Å². The predicted molar refractivity (Wildman–Crippen MR) is 88.6 cm³/mol. The van der Waals surface area contributed by atoms with Gasteiger partial charge in [0.05, 0.1) is 0 Å². The van der Waals surface area contributed by atoms with Crippen molar-refractivity contribution in [2.24, 2.45) is 10.8 Å². The monoisotopic (exact) mass is 504 g/mol. The molecule has 1 fully saturated rings. The quantitative estimate of drug-likeness (QED) is 0.468. The van der Waals surface area contributed by atoms with Gasteiger partial charge in [0.1, 0.15) is 0 Å². The summed E-state index contributed by atoms with van der Waals surface area (Å²) in [6, 6.07) is 3.83. The zero-order valence-electron chi connectivity index (χ0n) is 14.4. The molecule has 0 spiro atoms. The van der Waals surface area contributed by atoms with E-state index in [1.54, 1.807) is 26.8 Å². The first kappa shape index (κ1) is 21.5. The van der Waals surface area contributed by atoms with Crippen molar-refractivity contribution in [3.8, 4) is 6.07 Å². The Bertz CT molecular complexity index is 833. The van der Waals surface area contributed by atoms with Crippen molar-refractivity contribution in [3.63, 3.8) is 0 Å². The van der Waals surface area contributed by atoms with Gasteiger partial charge in [-0.3, -0.25) is 0 Å². The van der Waals surface area contributed by atoms with Crippen LogP contribution in [0.5, 0.6) is 0 Å². The van der Waals surface area contributed by atoms with Crippen LogP contribution in [0.1, 0.15) is 38.3 Å². The van der Waals surface area contributed by atoms with E-state index in [2.05, 4.69) is 15.9 Å². The minimum absolute atomic E-state index is 0.00295. The molecule has 0 N–H and O–H groups in total. The van der Waals surface area contributed by atoms with E-state index in [4.69, 9.17) is 5.26 Å². The van der Waals surface area contributed by atoms with Crippen LogP contribution in [0.2, 0.25) is 0 Å². The van der Waals surface area contributed by atoms with Crippen molar-refractivity contribution in [1.29, 1.82) is 5.26 Å². The van der Waals surface area contributed by atoms with Crippen molar-refractivity contribution in [2.75, 3.05) is 10.2 Å². The normalized spacial score (nSPS) is 22.6. The molecule has 1 aliphatic rings. The molecule has 2 amide bonds. The van der Waals surface area contributed by atoms with Gasteiger partial charge in [-0.05, 0) is 0 Å². The van der Waals surface area contributed by atoms with Crippen LogP contribution in [-0.2, 0) is 46.7 Å². The van der Waals surface area contributed by atoms with Crippen molar-refractivity contribution in [2.45, 2.75) is 33.4 Å². The van der Waals surface area contributed by atoms with E-state index in [0.29, 0.717) is 11.8 Å². The number of alkyl halides is 4. The Hall–Kier alpha value is -0.776. The Kier molecular flexibility index (Phi) is 5.79. The fourth-order valence-corrected chi connectivity index (χ4v) is 5.28. The molecule has 2 rings (SSSR count). The van der Waals surface area contributed by atoms with Gasteiger partial charge in [-0.1, -0.05) is 0 Å². The van der Waals surface area contributed by atoms with Crippen molar-refractivity contribution in [3.05, 3.63) is 23.3 Å². The molecule has 0 bridgehead atoms. The molecule has 9 heteroatoms. The van der Waals surface area contributed by atoms with Crippen LogP contribution in [0, 0.1) is 22.2 Å². The molecule has 0 aliphatic carbocycles. The number of nitriles is 1. The number of hydrogen-bond donors (Lipinski definition) is 0. The Morgan fingerprint density at radius 2 is 1.81 bits per heavy atom. The number of imide groups is 1. The van der Waals surface area contributed by atoms with Gasteiger partial charge in [-0.15, -0.1) is 0 Å². The number of nitrogens with zero attached hydrogens (tertiary/aromatic N) is 2. The van der Waals surface area contributed by atoms with Gasteiger partial charge >= 0.3 is 179 Å². The number of anilines is 1. The average molecular weight is 505 g/mol. The van der Waals surface area contributed by atoms with Crippen LogP contribution >= 0.6 is 15.9 Å². The maximum absolute atomic E-state index is 13.5. The van der Waals surface area contributed by atoms with Crippen molar-refractivity contribution < 1.29 is 53.7 Å². The summed E-state index contributed by atoms with van der Waals surface area (Å²) in [7, 11) is 0. The SMILES string of the molecule is CC1(C)C(=O)N(c2ccc(C#N)c(C(F)(F)F)[c]2[Y])C(=O)C1(C)CCBr. The Labute approximate surface area is 177 Å². The molecule has 1 aromatic carbocycles. The maximum atomic E-state index is 13.5. The van der Waals surface area contributed by atoms with E-state index in [1.165, 1.54) is 6.07 Å². The first-order valence-corrected chi connectivity index (χ1v) is 10.2. The van der Waals surface area contributed by atoms with E-state index in [1.807, 2.05) is 0 Å². The zero-order chi connectivity index (χ0) is 20.1. The van der Waals surface area contributed by atoms with Crippen LogP contribution in [-0.4, -0.2) is 17.1 Å². The summed E-state index contributed by atoms with van der Waals surface area (Å²) >= 11 is 3.28. The molecule has 0 radical (unpaired) electrons. The molecular formula is C17H15BrF3N2O2Y. The van der Waals surface area contributed by atoms with E-state index < -0.39 is 39.9 Å². The van der Waals surface area contributed by atoms with E-state index in [0.717, 1.165) is 11.0 Å². The summed E-state index contributed by atoms with van der Waals surface area (Å²) in [5.41, 5.74) is -3.73. The molecule has 1 saturated heterocycles. The third-order valence-electron chi connectivity index (χ3n) is 5.25. The second-order valence-corrected chi connectivity index (χ2v) is 9.08. The predicted octanol–water partition coefficient (Wildman–Crippen LogP) is 3.44. The molecule has 26 heavy (non-hydrogen) atoms. The molecule has 136 valence electrons. The first-order valence-electron chi connectivity index (χ1n) is 7.69. The molecule has 1 atom stereocenters. The van der Waals surface area contributed by atoms with Crippen LogP contribution < -0.4 is 7.27 Å². The number of benzene rings is 1. The van der Waals surface area contributed by atoms with Gasteiger partial charge in [-0.25, -0.2) is 0 Å². The molecule has 0 aromatic heterocycles. The summed E-state index contributed by atoms with van der Waals surface area (Å²) < 4.78 is 40.2. The Morgan fingerprint density at radius 1 is 1.23 bits per heavy atom. The second-order valence-electron chi connectivity index (χ2n) is 6.87. The topological polar surface area (TPSA) is 61.2 Å². The second kappa shape index (κ2) is 6.99. The summed E-state index contributed by atoms with van der Waals surface area (Å²) in [5.74, 6) is -1.04. The van der Waals surface area contributed by atoms with E-state index in [9.17, 15) is 22.8 Å². The fourth-order valence-electron chi connectivity index (χ4n) is 3.15. The molecule has 1 aromatic rings. The molecule has 1 aliphatic heterocycles. The first-order chi connectivity index (χ1) is 11.8. The number of carbonyl (C=O) groups excluding carboxylic acids is 2. The third-order valence-corrected chi connectivity index (χ3v) is 7.09. The molecule has 4 nitrogen and oxygen atoms in total. The summed E-state index contributed by atoms with van der Waals surface area (Å²) in [4.78, 5) is 26.9. The fraction of sp³-hybridized carbons (Fsp3) is 0.471. The number of carbonyl (C=O) groups is 2. The molecule has 0 saturated carbocycles. The summed E-state index contributed by atoms with van der Waals surface area (Å²) in [6.07, 6.45) is -4.37. The minimum atomic E-state index is -4.74. The Morgan fingerprint density at radius 3 is 2.27 bits per heavy atom. The van der Waals surface area contributed by atoms with Crippen LogP contribution in [0.15, 0.2) is 12.1 Å². The summed E-state index contributed by atoms with van der Waals surface area (Å²) in [6.45, 7) is 4.93. The van der Waals surface area contributed by atoms with Crippen molar-refractivity contribution in [1.82, 2.24) is 0 Å². The average Bonchev–Trinajstić information content (AvgIpc) is 2.65. The van der Waals surface area contributed by atoms with Gasteiger partial charge in [0.15, 0.2) is 0 Å². The number of rotatable bonds is 3. The van der Waals surface area contributed by atoms with E-state index in [-0.39, 0.29) is 39.0 Å². The third kappa shape index (κ3) is 3.06. The van der Waals surface area contributed by atoms with Crippen LogP contribution in [0.25, 0.3) is 0 Å². The molecular weight excluding hydrogens is 490 g/mol. The molecule has 1 unspecified atom stereocenters. The number of hydrogen-bond acceptors (Lipinski definition) is 3. The standard InChI is InChI=1S/C17H15BrF3N2O2.Y/c1-15(2)13(24)23(14(25)16(15,3)6-7-18)11-5-4-10(9-22)12(8-11)17(19,20)21;/h4-5H,6-7H2,1-3H3;. The molecule has 1 heterocycles. The Balaban J connectivity index is 2.72. The number of amides is 2. The van der Waals surface area contributed by atoms with Crippen LogP contribution in [0.4, 0.5) is 18.9 Å². The van der Waals surface area contributed by atoms with Gasteiger partial charge < -0.3 is 0 Å². The van der Waals surface area contributed by atoms with Crippen LogP contribution in [0.3, 0.4) is 0 Å². The zero-order valence-corrected chi connectivity index (χ0v) is 18.8. The van der Waals surface area contributed by atoms with Gasteiger partial charge in [0, 0.05) is 0 Å². The van der Waals surface area contributed by atoms with Gasteiger partial charge in [-0.2, -0.15) is 0 Å². The summed E-state index contributed by atoms with van der Waals surface area (Å²) in [5, 5.41) is 9.49. The van der Waals surface area contributed by atoms with Crippen molar-refractivity contribution >= 4 is 35.8 Å². The van der Waals surface area contributed by atoms with E-state index >= 15 is 0 Å². The van der Waals surface area contributed by atoms with Gasteiger partial charge in [0.25, 0.3) is 0 Å².